The van der Waals surface area contributed by atoms with Crippen molar-refractivity contribution < 1.29 is 9.53 Å². The van der Waals surface area contributed by atoms with Gasteiger partial charge in [-0.05, 0) is 47.7 Å². The number of pyridine rings is 1. The van der Waals surface area contributed by atoms with Crippen LogP contribution in [0.2, 0.25) is 0 Å². The van der Waals surface area contributed by atoms with Gasteiger partial charge in [0.25, 0.3) is 0 Å². The fourth-order valence-electron chi connectivity index (χ4n) is 4.00. The van der Waals surface area contributed by atoms with E-state index < -0.39 is 0 Å². The lowest BCUT2D eigenvalue weighted by atomic mass is 10.0. The summed E-state index contributed by atoms with van der Waals surface area (Å²) >= 11 is 0. The first-order valence-corrected chi connectivity index (χ1v) is 11.3. The van der Waals surface area contributed by atoms with Gasteiger partial charge in [0.2, 0.25) is 5.91 Å². The zero-order valence-corrected chi connectivity index (χ0v) is 19.4. The summed E-state index contributed by atoms with van der Waals surface area (Å²) in [4.78, 5) is 17.7. The molecule has 1 amide bonds. The largest absolute Gasteiger partial charge is 0.497 e. The molecule has 6 nitrogen and oxygen atoms in total. The van der Waals surface area contributed by atoms with Crippen LogP contribution in [0, 0.1) is 5.92 Å². The molecule has 1 N–H and O–H groups in total. The van der Waals surface area contributed by atoms with Crippen molar-refractivity contribution in [1.82, 2.24) is 20.1 Å². The topological polar surface area (TPSA) is 69.0 Å². The first kappa shape index (κ1) is 22.5. The van der Waals surface area contributed by atoms with Gasteiger partial charge in [0.1, 0.15) is 5.75 Å². The molecule has 2 aromatic carbocycles. The van der Waals surface area contributed by atoms with Gasteiger partial charge in [-0.2, -0.15) is 5.10 Å². The number of amides is 1. The predicted octanol–water partition coefficient (Wildman–Crippen LogP) is 4.74. The van der Waals surface area contributed by atoms with Crippen LogP contribution in [0.25, 0.3) is 11.0 Å². The molecule has 0 spiro atoms. The van der Waals surface area contributed by atoms with Gasteiger partial charge < -0.3 is 10.1 Å². The third kappa shape index (κ3) is 5.58. The standard InChI is InChI=1S/C27H30N4O2/c1-19(2)18-31-27-23(10-7-15-28-27)26(30-31)24(16-20-8-5-4-6-9-20)29-25(32)17-21-11-13-22(33-3)14-12-21/h4-15,19,24H,16-18H2,1-3H3,(H,29,32)/t24-/m0/s1. The first-order valence-electron chi connectivity index (χ1n) is 11.3. The van der Waals surface area contributed by atoms with Crippen molar-refractivity contribution in [2.24, 2.45) is 5.92 Å². The zero-order chi connectivity index (χ0) is 23.2. The van der Waals surface area contributed by atoms with Crippen LogP contribution in [0.4, 0.5) is 0 Å². The van der Waals surface area contributed by atoms with E-state index in [4.69, 9.17) is 9.84 Å². The molecule has 0 unspecified atom stereocenters. The van der Waals surface area contributed by atoms with E-state index in [9.17, 15) is 4.79 Å². The Bertz CT molecular complexity index is 1200. The van der Waals surface area contributed by atoms with E-state index in [0.717, 1.165) is 40.1 Å². The van der Waals surface area contributed by atoms with Crippen molar-refractivity contribution in [3.05, 3.63) is 89.7 Å². The summed E-state index contributed by atoms with van der Waals surface area (Å²) in [7, 11) is 1.63. The molecule has 0 radical (unpaired) electrons. The van der Waals surface area contributed by atoms with E-state index in [1.54, 1.807) is 13.3 Å². The summed E-state index contributed by atoms with van der Waals surface area (Å²) in [6.45, 7) is 5.09. The van der Waals surface area contributed by atoms with Crippen LogP contribution in [-0.2, 0) is 24.2 Å². The molecule has 2 heterocycles. The Labute approximate surface area is 194 Å². The molecule has 0 aliphatic heterocycles. The molecule has 33 heavy (non-hydrogen) atoms. The fourth-order valence-corrected chi connectivity index (χ4v) is 4.00. The smallest absolute Gasteiger partial charge is 0.224 e. The average Bonchev–Trinajstić information content (AvgIpc) is 3.18. The Kier molecular flexibility index (Phi) is 7.03. The van der Waals surface area contributed by atoms with Crippen molar-refractivity contribution in [3.63, 3.8) is 0 Å². The molecule has 0 aliphatic carbocycles. The normalized spacial score (nSPS) is 12.1. The molecular weight excluding hydrogens is 412 g/mol. The number of aromatic nitrogens is 3. The number of fused-ring (bicyclic) bond motifs is 1. The Morgan fingerprint density at radius 3 is 2.45 bits per heavy atom. The van der Waals surface area contributed by atoms with Crippen LogP contribution in [0.3, 0.4) is 0 Å². The van der Waals surface area contributed by atoms with Crippen LogP contribution in [-0.4, -0.2) is 27.8 Å². The van der Waals surface area contributed by atoms with Gasteiger partial charge in [-0.25, -0.2) is 9.67 Å². The number of benzene rings is 2. The van der Waals surface area contributed by atoms with Crippen LogP contribution in [0.15, 0.2) is 72.9 Å². The van der Waals surface area contributed by atoms with Gasteiger partial charge in [-0.3, -0.25) is 4.79 Å². The van der Waals surface area contributed by atoms with Gasteiger partial charge in [0, 0.05) is 18.1 Å². The maximum atomic E-state index is 13.1. The molecule has 0 aliphatic rings. The Morgan fingerprint density at radius 1 is 1.00 bits per heavy atom. The minimum Gasteiger partial charge on any atom is -0.497 e. The highest BCUT2D eigenvalue weighted by Crippen LogP contribution is 2.26. The van der Waals surface area contributed by atoms with Crippen molar-refractivity contribution in [1.29, 1.82) is 0 Å². The highest BCUT2D eigenvalue weighted by molar-refractivity contribution is 5.82. The van der Waals surface area contributed by atoms with Crippen LogP contribution in [0.1, 0.15) is 36.7 Å². The number of ether oxygens (including phenoxy) is 1. The van der Waals surface area contributed by atoms with E-state index in [1.165, 1.54) is 0 Å². The zero-order valence-electron chi connectivity index (χ0n) is 19.4. The van der Waals surface area contributed by atoms with E-state index >= 15 is 0 Å². The second-order valence-electron chi connectivity index (χ2n) is 8.67. The third-order valence-electron chi connectivity index (χ3n) is 5.55. The molecule has 0 saturated heterocycles. The number of hydrogen-bond acceptors (Lipinski definition) is 4. The highest BCUT2D eigenvalue weighted by atomic mass is 16.5. The quantitative estimate of drug-likeness (QED) is 0.407. The lowest BCUT2D eigenvalue weighted by Crippen LogP contribution is -2.31. The molecule has 4 rings (SSSR count). The van der Waals surface area contributed by atoms with E-state index in [-0.39, 0.29) is 18.4 Å². The second kappa shape index (κ2) is 10.3. The highest BCUT2D eigenvalue weighted by Gasteiger charge is 2.23. The number of carbonyl (C=O) groups excluding carboxylic acids is 1. The van der Waals surface area contributed by atoms with E-state index in [1.807, 2.05) is 59.3 Å². The van der Waals surface area contributed by atoms with Gasteiger partial charge in [0.15, 0.2) is 5.65 Å². The van der Waals surface area contributed by atoms with Gasteiger partial charge >= 0.3 is 0 Å². The van der Waals surface area contributed by atoms with Crippen LogP contribution < -0.4 is 10.1 Å². The van der Waals surface area contributed by atoms with Gasteiger partial charge in [-0.15, -0.1) is 0 Å². The van der Waals surface area contributed by atoms with Crippen LogP contribution >= 0.6 is 0 Å². The minimum absolute atomic E-state index is 0.0449. The summed E-state index contributed by atoms with van der Waals surface area (Å²) < 4.78 is 7.18. The number of carbonyl (C=O) groups is 1. The van der Waals surface area contributed by atoms with Crippen molar-refractivity contribution in [2.45, 2.75) is 39.3 Å². The summed E-state index contributed by atoms with van der Waals surface area (Å²) in [5, 5.41) is 9.15. The maximum Gasteiger partial charge on any atom is 0.224 e. The number of methoxy groups -OCH3 is 1. The Hall–Kier alpha value is -3.67. The minimum atomic E-state index is -0.265. The molecule has 6 heteroatoms. The first-order chi connectivity index (χ1) is 16.0. The fraction of sp³-hybridized carbons (Fsp3) is 0.296. The summed E-state index contributed by atoms with van der Waals surface area (Å²) in [6, 6.07) is 21.5. The third-order valence-corrected chi connectivity index (χ3v) is 5.55. The van der Waals surface area contributed by atoms with E-state index in [0.29, 0.717) is 12.3 Å². The molecular formula is C27H30N4O2. The summed E-state index contributed by atoms with van der Waals surface area (Å²) in [5.74, 6) is 1.16. The molecule has 2 aromatic heterocycles. The molecule has 0 fully saturated rings. The van der Waals surface area contributed by atoms with E-state index in [2.05, 4.69) is 36.3 Å². The number of nitrogens with one attached hydrogen (secondary N) is 1. The molecule has 0 saturated carbocycles. The molecule has 4 aromatic rings. The Morgan fingerprint density at radius 2 is 1.76 bits per heavy atom. The van der Waals surface area contributed by atoms with Crippen molar-refractivity contribution in [2.75, 3.05) is 7.11 Å². The Balaban J connectivity index is 1.64. The van der Waals surface area contributed by atoms with Crippen molar-refractivity contribution >= 4 is 16.9 Å². The predicted molar refractivity (Wildman–Crippen MR) is 130 cm³/mol. The molecule has 170 valence electrons. The van der Waals surface area contributed by atoms with Gasteiger partial charge in [0.05, 0.1) is 25.3 Å². The lowest BCUT2D eigenvalue weighted by Gasteiger charge is -2.18. The lowest BCUT2D eigenvalue weighted by molar-refractivity contribution is -0.121. The number of nitrogens with zero attached hydrogens (tertiary/aromatic N) is 3. The van der Waals surface area contributed by atoms with Crippen molar-refractivity contribution in [3.8, 4) is 5.75 Å². The van der Waals surface area contributed by atoms with Gasteiger partial charge in [-0.1, -0.05) is 56.3 Å². The molecule has 0 bridgehead atoms. The number of rotatable bonds is 9. The average molecular weight is 443 g/mol. The van der Waals surface area contributed by atoms with Crippen LogP contribution in [0.5, 0.6) is 5.75 Å². The number of hydrogen-bond donors (Lipinski definition) is 1. The monoisotopic (exact) mass is 442 g/mol. The summed E-state index contributed by atoms with van der Waals surface area (Å²) in [5.41, 5.74) is 3.78. The second-order valence-corrected chi connectivity index (χ2v) is 8.67. The SMILES string of the molecule is COc1ccc(CC(=O)N[C@@H](Cc2ccccc2)c2nn(CC(C)C)c3ncccc23)cc1. The summed E-state index contributed by atoms with van der Waals surface area (Å²) in [6.07, 6.45) is 2.73. The maximum absolute atomic E-state index is 13.1. The molecule has 1 atom stereocenters.